The van der Waals surface area contributed by atoms with Gasteiger partial charge in [-0.2, -0.15) is 9.61 Å². The van der Waals surface area contributed by atoms with Crippen LogP contribution in [0.5, 0.6) is 5.75 Å². The quantitative estimate of drug-likeness (QED) is 0.602. The number of para-hydroxylation sites is 1. The van der Waals surface area contributed by atoms with Crippen molar-refractivity contribution in [1.29, 1.82) is 0 Å². The Hall–Kier alpha value is -2.67. The van der Waals surface area contributed by atoms with E-state index in [0.29, 0.717) is 19.0 Å². The molecule has 2 N–H and O–H groups in total. The largest absolute Gasteiger partial charge is 0.493 e. The van der Waals surface area contributed by atoms with Gasteiger partial charge in [0, 0.05) is 25.7 Å². The summed E-state index contributed by atoms with van der Waals surface area (Å²) in [6.45, 7) is 1.50. The maximum atomic E-state index is 5.98. The van der Waals surface area contributed by atoms with E-state index in [0.717, 1.165) is 48.4 Å². The number of benzene rings is 1. The number of fused-ring (bicyclic) bond motifs is 1. The molecule has 2 heterocycles. The molecule has 3 rings (SSSR count). The molecule has 3 aromatic rings. The summed E-state index contributed by atoms with van der Waals surface area (Å²) >= 11 is 0. The van der Waals surface area contributed by atoms with Gasteiger partial charge in [-0.05, 0) is 30.9 Å². The van der Waals surface area contributed by atoms with Gasteiger partial charge >= 0.3 is 0 Å². The average molecular weight is 341 g/mol. The van der Waals surface area contributed by atoms with E-state index in [1.54, 1.807) is 17.8 Å². The predicted octanol–water partition coefficient (Wildman–Crippen LogP) is 2.49. The third-order valence-corrected chi connectivity index (χ3v) is 4.01. The molecule has 0 spiro atoms. The number of unbranched alkanes of at least 4 members (excludes halogenated alkanes) is 2. The Morgan fingerprint density at radius 3 is 2.76 bits per heavy atom. The van der Waals surface area contributed by atoms with Gasteiger partial charge in [-0.15, -0.1) is 0 Å². The molecule has 0 atom stereocenters. The molecule has 7 heteroatoms. The highest BCUT2D eigenvalue weighted by atomic mass is 16.5. The van der Waals surface area contributed by atoms with Crippen molar-refractivity contribution in [1.82, 2.24) is 19.6 Å². The summed E-state index contributed by atoms with van der Waals surface area (Å²) in [4.78, 5) is 8.24. The molecule has 2 aromatic heterocycles. The maximum Gasteiger partial charge on any atom is 0.224 e. The van der Waals surface area contributed by atoms with Crippen LogP contribution < -0.4 is 10.5 Å². The zero-order valence-electron chi connectivity index (χ0n) is 14.4. The van der Waals surface area contributed by atoms with Gasteiger partial charge in [-0.1, -0.05) is 18.2 Å². The topological polar surface area (TPSA) is 87.6 Å². The van der Waals surface area contributed by atoms with Crippen molar-refractivity contribution in [3.05, 3.63) is 47.9 Å². The highest BCUT2D eigenvalue weighted by Crippen LogP contribution is 2.23. The van der Waals surface area contributed by atoms with Crippen LogP contribution in [0.3, 0.4) is 0 Å². The third kappa shape index (κ3) is 4.24. The van der Waals surface area contributed by atoms with Crippen LogP contribution in [0.4, 0.5) is 5.95 Å². The zero-order chi connectivity index (χ0) is 17.5. The lowest BCUT2D eigenvalue weighted by Gasteiger charge is -2.11. The molecule has 132 valence electrons. The van der Waals surface area contributed by atoms with Crippen molar-refractivity contribution in [2.45, 2.75) is 25.7 Å². The lowest BCUT2D eigenvalue weighted by atomic mass is 10.1. The van der Waals surface area contributed by atoms with Crippen LogP contribution in [0.25, 0.3) is 5.65 Å². The number of nitrogens with zero attached hydrogens (tertiary/aromatic N) is 4. The number of rotatable bonds is 9. The molecule has 0 saturated carbocycles. The Bertz CT molecular complexity index is 818. The number of hydrogen-bond acceptors (Lipinski definition) is 6. The van der Waals surface area contributed by atoms with Gasteiger partial charge in [0.2, 0.25) is 5.95 Å². The van der Waals surface area contributed by atoms with Gasteiger partial charge < -0.3 is 15.2 Å². The molecule has 0 saturated heterocycles. The van der Waals surface area contributed by atoms with E-state index in [1.807, 2.05) is 18.2 Å². The first-order chi connectivity index (χ1) is 12.3. The Balaban J connectivity index is 1.67. The monoisotopic (exact) mass is 341 g/mol. The molecule has 0 unspecified atom stereocenters. The van der Waals surface area contributed by atoms with Crippen LogP contribution >= 0.6 is 0 Å². The second kappa shape index (κ2) is 8.43. The second-order valence-corrected chi connectivity index (χ2v) is 5.82. The summed E-state index contributed by atoms with van der Waals surface area (Å²) in [6, 6.07) is 8.06. The van der Waals surface area contributed by atoms with Crippen LogP contribution in [-0.2, 0) is 11.2 Å². The van der Waals surface area contributed by atoms with E-state index >= 15 is 0 Å². The molecule has 0 aliphatic carbocycles. The minimum Gasteiger partial charge on any atom is -0.493 e. The van der Waals surface area contributed by atoms with Gasteiger partial charge in [-0.3, -0.25) is 0 Å². The number of anilines is 1. The molecular weight excluding hydrogens is 318 g/mol. The summed E-state index contributed by atoms with van der Waals surface area (Å²) in [5, 5.41) is 4.26. The van der Waals surface area contributed by atoms with Crippen molar-refractivity contribution in [3.63, 3.8) is 0 Å². The predicted molar refractivity (Wildman–Crippen MR) is 95.7 cm³/mol. The summed E-state index contributed by atoms with van der Waals surface area (Å²) in [5.41, 5.74) is 8.64. The summed E-state index contributed by atoms with van der Waals surface area (Å²) in [6.07, 6.45) is 7.09. The first-order valence-electron chi connectivity index (χ1n) is 8.42. The normalized spacial score (nSPS) is 11.1. The third-order valence-electron chi connectivity index (χ3n) is 4.01. The van der Waals surface area contributed by atoms with E-state index in [4.69, 9.17) is 15.2 Å². The fraction of sp³-hybridized carbons (Fsp3) is 0.389. The number of nitrogens with two attached hydrogens (primary N) is 1. The smallest absolute Gasteiger partial charge is 0.224 e. The minimum atomic E-state index is 0.330. The van der Waals surface area contributed by atoms with Crippen molar-refractivity contribution in [3.8, 4) is 5.75 Å². The Kier molecular flexibility index (Phi) is 5.79. The van der Waals surface area contributed by atoms with Crippen LogP contribution in [0.1, 0.15) is 30.4 Å². The lowest BCUT2D eigenvalue weighted by Crippen LogP contribution is -2.03. The molecule has 0 bridgehead atoms. The zero-order valence-corrected chi connectivity index (χ0v) is 14.4. The molecule has 0 aliphatic heterocycles. The van der Waals surface area contributed by atoms with E-state index in [2.05, 4.69) is 21.1 Å². The van der Waals surface area contributed by atoms with E-state index < -0.39 is 0 Å². The first-order valence-corrected chi connectivity index (χ1v) is 8.42. The van der Waals surface area contributed by atoms with E-state index in [9.17, 15) is 0 Å². The second-order valence-electron chi connectivity index (χ2n) is 5.82. The highest BCUT2D eigenvalue weighted by Gasteiger charge is 2.11. The molecule has 25 heavy (non-hydrogen) atoms. The van der Waals surface area contributed by atoms with Crippen molar-refractivity contribution >= 4 is 11.6 Å². The maximum absolute atomic E-state index is 5.98. The molecule has 0 radical (unpaired) electrons. The standard InChI is InChI=1S/C18H23N5O2/c1-24-9-5-2-6-10-25-16-8-4-3-7-14(16)11-15-12-22-23-17(15)20-13-21-18(23)19/h3-4,7-8,12-13H,2,5-6,9-11H2,1H3,(H2,19,20,21). The molecule has 1 aromatic carbocycles. The number of methoxy groups -OCH3 is 1. The molecule has 0 fully saturated rings. The van der Waals surface area contributed by atoms with Crippen molar-refractivity contribution in [2.24, 2.45) is 0 Å². The summed E-state index contributed by atoms with van der Waals surface area (Å²) in [7, 11) is 1.73. The lowest BCUT2D eigenvalue weighted by molar-refractivity contribution is 0.189. The fourth-order valence-electron chi connectivity index (χ4n) is 2.71. The number of aromatic nitrogens is 4. The van der Waals surface area contributed by atoms with Crippen LogP contribution in [0.15, 0.2) is 36.8 Å². The van der Waals surface area contributed by atoms with Crippen molar-refractivity contribution < 1.29 is 9.47 Å². The van der Waals surface area contributed by atoms with Gasteiger partial charge in [0.05, 0.1) is 12.8 Å². The van der Waals surface area contributed by atoms with Crippen LogP contribution in [0.2, 0.25) is 0 Å². The number of nitrogen functional groups attached to an aromatic ring is 1. The number of hydrogen-bond donors (Lipinski definition) is 1. The van der Waals surface area contributed by atoms with Gasteiger partial charge in [0.15, 0.2) is 5.65 Å². The van der Waals surface area contributed by atoms with Crippen LogP contribution in [-0.4, -0.2) is 39.9 Å². The van der Waals surface area contributed by atoms with Gasteiger partial charge in [0.1, 0.15) is 12.1 Å². The van der Waals surface area contributed by atoms with Gasteiger partial charge in [-0.25, -0.2) is 9.97 Å². The van der Waals surface area contributed by atoms with E-state index in [-0.39, 0.29) is 0 Å². The molecular formula is C18H23N5O2. The summed E-state index contributed by atoms with van der Waals surface area (Å²) < 4.78 is 12.6. The highest BCUT2D eigenvalue weighted by molar-refractivity contribution is 5.52. The summed E-state index contributed by atoms with van der Waals surface area (Å²) in [5.74, 6) is 1.23. The fourth-order valence-corrected chi connectivity index (χ4v) is 2.71. The molecule has 0 aliphatic rings. The average Bonchev–Trinajstić information content (AvgIpc) is 3.04. The molecule has 0 amide bonds. The number of ether oxygens (including phenoxy) is 2. The minimum absolute atomic E-state index is 0.330. The Morgan fingerprint density at radius 1 is 1.04 bits per heavy atom. The van der Waals surface area contributed by atoms with E-state index in [1.165, 1.54) is 6.33 Å². The molecule has 7 nitrogen and oxygen atoms in total. The van der Waals surface area contributed by atoms with Crippen LogP contribution in [0, 0.1) is 0 Å². The Morgan fingerprint density at radius 2 is 1.88 bits per heavy atom. The van der Waals surface area contributed by atoms with Crippen molar-refractivity contribution in [2.75, 3.05) is 26.1 Å². The van der Waals surface area contributed by atoms with Gasteiger partial charge in [0.25, 0.3) is 0 Å². The SMILES string of the molecule is COCCCCCOc1ccccc1Cc1cnn2c(N)ncnc12. The first kappa shape index (κ1) is 17.2. The Labute approximate surface area is 146 Å².